The van der Waals surface area contributed by atoms with Crippen molar-refractivity contribution in [1.29, 1.82) is 0 Å². The van der Waals surface area contributed by atoms with E-state index in [1.807, 2.05) is 0 Å². The van der Waals surface area contributed by atoms with Gasteiger partial charge < -0.3 is 0 Å². The maximum Gasteiger partial charge on any atom is 0.274 e. The van der Waals surface area contributed by atoms with Crippen LogP contribution < -0.4 is 0 Å². The van der Waals surface area contributed by atoms with Crippen molar-refractivity contribution in [1.82, 2.24) is 10.0 Å². The summed E-state index contributed by atoms with van der Waals surface area (Å²) in [4.78, 5) is 54.2. The minimum absolute atomic E-state index is 0.0333. The summed E-state index contributed by atoms with van der Waals surface area (Å²) in [6.07, 6.45) is 0.751. The maximum atomic E-state index is 13.7. The standard InChI is InChI=1S/C24H17Br3Cl2N2O4/c25-11-3-1-10(2-4-11)17(32)9-30(22(33)13-6-5-12(28)7-16(13)29)31-23(34)18-14-8-15(19(18)24(31)35)21(27)20(14)26/h1-7,14-15,18-21H,8-9H2/t14-,15-,18-,19+,20-,21+/m1/s1. The predicted octanol–water partition coefficient (Wildman–Crippen LogP) is 5.77. The number of alkyl halides is 2. The van der Waals surface area contributed by atoms with Gasteiger partial charge in [-0.15, -0.1) is 0 Å². The average Bonchev–Trinajstić information content (AvgIpc) is 3.42. The molecule has 3 amide bonds. The summed E-state index contributed by atoms with van der Waals surface area (Å²) in [6.45, 7) is -0.499. The highest BCUT2D eigenvalue weighted by atomic mass is 79.9. The Morgan fingerprint density at radius 2 is 1.51 bits per heavy atom. The topological polar surface area (TPSA) is 74.8 Å². The first kappa shape index (κ1) is 25.4. The predicted molar refractivity (Wildman–Crippen MR) is 142 cm³/mol. The summed E-state index contributed by atoms with van der Waals surface area (Å²) in [5.74, 6) is -3.21. The van der Waals surface area contributed by atoms with E-state index in [0.29, 0.717) is 10.6 Å². The molecule has 2 aromatic carbocycles. The van der Waals surface area contributed by atoms with E-state index in [2.05, 4.69) is 47.8 Å². The number of hydrogen-bond acceptors (Lipinski definition) is 4. The summed E-state index contributed by atoms with van der Waals surface area (Å²) >= 11 is 22.9. The first-order valence-electron chi connectivity index (χ1n) is 10.8. The summed E-state index contributed by atoms with van der Waals surface area (Å²) in [7, 11) is 0. The van der Waals surface area contributed by atoms with Crippen molar-refractivity contribution < 1.29 is 19.2 Å². The SMILES string of the molecule is O=C(CN(C(=O)c1ccc(Cl)cc1Cl)N1C(=O)[C@@H]2[C@H]3C[C@@H]([C@H](Br)[C@@H]3Br)[C@@H]2C1=O)c1ccc(Br)cc1. The molecule has 0 unspecified atom stereocenters. The number of rotatable bonds is 5. The van der Waals surface area contributed by atoms with Crippen LogP contribution in [0.4, 0.5) is 0 Å². The number of nitrogens with zero attached hydrogens (tertiary/aromatic N) is 2. The smallest absolute Gasteiger partial charge is 0.274 e. The summed E-state index contributed by atoms with van der Waals surface area (Å²) in [5.41, 5.74) is 0.380. The van der Waals surface area contributed by atoms with E-state index in [9.17, 15) is 19.2 Å². The molecule has 35 heavy (non-hydrogen) atoms. The largest absolute Gasteiger partial charge is 0.292 e. The van der Waals surface area contributed by atoms with Gasteiger partial charge in [0.15, 0.2) is 5.78 Å². The molecule has 6 atom stereocenters. The van der Waals surface area contributed by atoms with Gasteiger partial charge in [-0.2, -0.15) is 5.01 Å². The molecule has 3 aliphatic rings. The second-order valence-electron chi connectivity index (χ2n) is 8.91. The first-order chi connectivity index (χ1) is 16.6. The van der Waals surface area contributed by atoms with Crippen molar-refractivity contribution >= 4 is 94.5 Å². The maximum absolute atomic E-state index is 13.7. The Bertz CT molecular complexity index is 1230. The van der Waals surface area contributed by atoms with Crippen molar-refractivity contribution in [2.24, 2.45) is 23.7 Å². The first-order valence-corrected chi connectivity index (χ1v) is 14.2. The van der Waals surface area contributed by atoms with Crippen molar-refractivity contribution in [2.75, 3.05) is 6.54 Å². The Balaban J connectivity index is 1.53. The lowest BCUT2D eigenvalue weighted by atomic mass is 9.81. The molecule has 2 bridgehead atoms. The minimum Gasteiger partial charge on any atom is -0.292 e. The number of Topliss-reactive ketones (excluding diaryl/α,β-unsaturated/α-hetero) is 1. The van der Waals surface area contributed by atoms with Crippen LogP contribution in [0.25, 0.3) is 0 Å². The van der Waals surface area contributed by atoms with Crippen LogP contribution in [0.1, 0.15) is 27.1 Å². The minimum atomic E-state index is -0.725. The fourth-order valence-electron chi connectivity index (χ4n) is 5.47. The number of hydrogen-bond donors (Lipinski definition) is 0. The molecular formula is C24H17Br3Cl2N2O4. The van der Waals surface area contributed by atoms with E-state index in [0.717, 1.165) is 20.9 Å². The van der Waals surface area contributed by atoms with Crippen LogP contribution >= 0.6 is 71.0 Å². The van der Waals surface area contributed by atoms with Gasteiger partial charge in [0.2, 0.25) is 0 Å². The number of carbonyl (C=O) groups is 4. The Labute approximate surface area is 236 Å². The molecule has 1 heterocycles. The number of carbonyl (C=O) groups excluding carboxylic acids is 4. The Morgan fingerprint density at radius 1 is 0.943 bits per heavy atom. The quantitative estimate of drug-likeness (QED) is 0.225. The molecule has 2 aromatic rings. The highest BCUT2D eigenvalue weighted by Crippen LogP contribution is 2.60. The third kappa shape index (κ3) is 4.21. The summed E-state index contributed by atoms with van der Waals surface area (Å²) in [6, 6.07) is 10.9. The van der Waals surface area contributed by atoms with Gasteiger partial charge in [-0.1, -0.05) is 83.1 Å². The zero-order valence-corrected chi connectivity index (χ0v) is 24.1. The lowest BCUT2D eigenvalue weighted by Crippen LogP contribution is -2.52. The van der Waals surface area contributed by atoms with E-state index in [1.54, 1.807) is 24.3 Å². The van der Waals surface area contributed by atoms with Gasteiger partial charge in [0.05, 0.1) is 22.4 Å². The molecule has 0 radical (unpaired) electrons. The van der Waals surface area contributed by atoms with Gasteiger partial charge >= 0.3 is 0 Å². The summed E-state index contributed by atoms with van der Waals surface area (Å²) < 4.78 is 0.789. The normalized spacial score (nSPS) is 29.0. The molecule has 3 fully saturated rings. The van der Waals surface area contributed by atoms with Crippen LogP contribution in [-0.4, -0.2) is 49.7 Å². The number of ketones is 1. The van der Waals surface area contributed by atoms with Crippen molar-refractivity contribution in [3.63, 3.8) is 0 Å². The monoisotopic (exact) mass is 704 g/mol. The third-order valence-corrected chi connectivity index (χ3v) is 11.3. The van der Waals surface area contributed by atoms with Crippen LogP contribution in [-0.2, 0) is 9.59 Å². The highest BCUT2D eigenvalue weighted by molar-refractivity contribution is 9.12. The molecule has 2 aliphatic carbocycles. The van der Waals surface area contributed by atoms with E-state index in [4.69, 9.17) is 23.2 Å². The second-order valence-corrected chi connectivity index (χ2v) is 12.8. The number of fused-ring (bicyclic) bond motifs is 5. The van der Waals surface area contributed by atoms with Crippen LogP contribution in [0.5, 0.6) is 0 Å². The molecule has 1 aliphatic heterocycles. The van der Waals surface area contributed by atoms with Gasteiger partial charge in [0, 0.05) is 24.7 Å². The van der Waals surface area contributed by atoms with E-state index < -0.39 is 41.9 Å². The Hall–Kier alpha value is -1.26. The fraction of sp³-hybridized carbons (Fsp3) is 0.333. The second kappa shape index (κ2) is 9.56. The number of benzene rings is 2. The van der Waals surface area contributed by atoms with E-state index in [-0.39, 0.29) is 32.1 Å². The fourth-order valence-corrected chi connectivity index (χ4v) is 8.10. The number of halogens is 5. The van der Waals surface area contributed by atoms with Crippen LogP contribution in [0.2, 0.25) is 10.0 Å². The van der Waals surface area contributed by atoms with E-state index in [1.165, 1.54) is 18.2 Å². The van der Waals surface area contributed by atoms with Gasteiger partial charge in [0.1, 0.15) is 6.54 Å². The lowest BCUT2D eigenvalue weighted by Gasteiger charge is -2.31. The van der Waals surface area contributed by atoms with Gasteiger partial charge in [0.25, 0.3) is 17.7 Å². The average molecular weight is 708 g/mol. The van der Waals surface area contributed by atoms with Crippen LogP contribution in [0.15, 0.2) is 46.9 Å². The zero-order chi connectivity index (χ0) is 25.2. The Kier molecular flexibility index (Phi) is 6.94. The molecule has 182 valence electrons. The molecule has 0 N–H and O–H groups in total. The number of amides is 3. The van der Waals surface area contributed by atoms with E-state index >= 15 is 0 Å². The number of imide groups is 1. The lowest BCUT2D eigenvalue weighted by molar-refractivity contribution is -0.154. The van der Waals surface area contributed by atoms with Gasteiger partial charge in [-0.3, -0.25) is 19.2 Å². The van der Waals surface area contributed by atoms with Gasteiger partial charge in [-0.05, 0) is 48.6 Å². The molecule has 5 rings (SSSR count). The van der Waals surface area contributed by atoms with Crippen LogP contribution in [0, 0.1) is 23.7 Å². The van der Waals surface area contributed by atoms with Crippen molar-refractivity contribution in [2.45, 2.75) is 16.1 Å². The molecular weight excluding hydrogens is 691 g/mol. The third-order valence-electron chi connectivity index (χ3n) is 7.06. The summed E-state index contributed by atoms with van der Waals surface area (Å²) in [5, 5.41) is 2.21. The van der Waals surface area contributed by atoms with Crippen LogP contribution in [0.3, 0.4) is 0 Å². The highest BCUT2D eigenvalue weighted by Gasteiger charge is 2.67. The Morgan fingerprint density at radius 3 is 2.06 bits per heavy atom. The van der Waals surface area contributed by atoms with Crippen molar-refractivity contribution in [3.8, 4) is 0 Å². The number of hydrazine groups is 1. The molecule has 1 saturated heterocycles. The molecule has 0 aromatic heterocycles. The molecule has 0 spiro atoms. The molecule has 6 nitrogen and oxygen atoms in total. The van der Waals surface area contributed by atoms with Gasteiger partial charge in [-0.25, -0.2) is 5.01 Å². The zero-order valence-electron chi connectivity index (χ0n) is 17.8. The molecule has 11 heteroatoms. The molecule has 2 saturated carbocycles. The van der Waals surface area contributed by atoms with Crippen molar-refractivity contribution in [3.05, 3.63) is 68.1 Å².